The second-order valence-corrected chi connectivity index (χ2v) is 7.06. The lowest BCUT2D eigenvalue weighted by Crippen LogP contribution is -2.36. The number of amides is 1. The Labute approximate surface area is 154 Å². The summed E-state index contributed by atoms with van der Waals surface area (Å²) >= 11 is 6.03. The largest absolute Gasteiger partial charge is 0.351 e. The second kappa shape index (κ2) is 8.39. The Morgan fingerprint density at radius 3 is 2.92 bits per heavy atom. The van der Waals surface area contributed by atoms with Crippen LogP contribution in [0.15, 0.2) is 48.1 Å². The minimum Gasteiger partial charge on any atom is -0.351 e. The van der Waals surface area contributed by atoms with Gasteiger partial charge in [-0.15, -0.1) is 0 Å². The van der Waals surface area contributed by atoms with Gasteiger partial charge in [-0.05, 0) is 49.1 Å². The van der Waals surface area contributed by atoms with Crippen molar-refractivity contribution in [1.29, 1.82) is 0 Å². The number of H-pyrrole nitrogens is 1. The first-order valence-electron chi connectivity index (χ1n) is 9.13. The van der Waals surface area contributed by atoms with Gasteiger partial charge in [0.15, 0.2) is 0 Å². The van der Waals surface area contributed by atoms with Gasteiger partial charge in [0.1, 0.15) is 5.69 Å². The quantitative estimate of drug-likeness (QED) is 0.607. The smallest absolute Gasteiger partial charge is 0.268 e. The Bertz CT molecular complexity index is 803. The minimum absolute atomic E-state index is 0.0614. The maximum Gasteiger partial charge on any atom is 0.268 e. The van der Waals surface area contributed by atoms with Gasteiger partial charge in [-0.2, -0.15) is 0 Å². The van der Waals surface area contributed by atoms with Crippen LogP contribution in [0, 0.1) is 0 Å². The standard InChI is InChI=1S/C21H25ClN2O/c1-2-3-5-10-18(15-8-6-4-7-9-15)24-21(25)20-14-16-13-17(22)11-12-19(16)23-20/h6,8-9,11-14,18,23H,2-5,7,10H2,1H3,(H,24,25). The lowest BCUT2D eigenvalue weighted by atomic mass is 9.95. The van der Waals surface area contributed by atoms with Gasteiger partial charge >= 0.3 is 0 Å². The SMILES string of the molecule is CCCCCC(NC(=O)c1cc2cc(Cl)ccc2[nH]1)C1=CCCC=C1. The molecule has 4 heteroatoms. The Hall–Kier alpha value is -2.00. The maximum absolute atomic E-state index is 12.8. The molecule has 0 saturated carbocycles. The van der Waals surface area contributed by atoms with E-state index in [9.17, 15) is 4.79 Å². The molecule has 3 nitrogen and oxygen atoms in total. The summed E-state index contributed by atoms with van der Waals surface area (Å²) in [5.74, 6) is -0.0614. The fourth-order valence-corrected chi connectivity index (χ4v) is 3.46. The molecule has 0 spiro atoms. The lowest BCUT2D eigenvalue weighted by molar-refractivity contribution is 0.0937. The van der Waals surface area contributed by atoms with Gasteiger partial charge in [0, 0.05) is 15.9 Å². The highest BCUT2D eigenvalue weighted by molar-refractivity contribution is 6.31. The van der Waals surface area contributed by atoms with Crippen molar-refractivity contribution in [3.63, 3.8) is 0 Å². The molecule has 0 fully saturated rings. The van der Waals surface area contributed by atoms with E-state index < -0.39 is 0 Å². The summed E-state index contributed by atoms with van der Waals surface area (Å²) in [6.07, 6.45) is 13.2. The zero-order chi connectivity index (χ0) is 17.6. The van der Waals surface area contributed by atoms with Crippen LogP contribution < -0.4 is 5.32 Å². The third-order valence-electron chi connectivity index (χ3n) is 4.66. The molecule has 1 amide bonds. The molecular formula is C21H25ClN2O. The average Bonchev–Trinajstić information content (AvgIpc) is 3.05. The molecule has 1 aromatic carbocycles. The summed E-state index contributed by atoms with van der Waals surface area (Å²) in [7, 11) is 0. The van der Waals surface area contributed by atoms with E-state index in [0.717, 1.165) is 36.6 Å². The number of carbonyl (C=O) groups excluding carboxylic acids is 1. The number of carbonyl (C=O) groups is 1. The molecule has 1 unspecified atom stereocenters. The van der Waals surface area contributed by atoms with Crippen molar-refractivity contribution in [3.05, 3.63) is 58.8 Å². The summed E-state index contributed by atoms with van der Waals surface area (Å²) < 4.78 is 0. The molecule has 0 saturated heterocycles. The van der Waals surface area contributed by atoms with Crippen LogP contribution in [0.3, 0.4) is 0 Å². The minimum atomic E-state index is -0.0614. The number of aromatic nitrogens is 1. The number of hydrogen-bond donors (Lipinski definition) is 2. The number of nitrogens with one attached hydrogen (secondary N) is 2. The van der Waals surface area contributed by atoms with Crippen molar-refractivity contribution in [2.24, 2.45) is 0 Å². The van der Waals surface area contributed by atoms with E-state index in [1.165, 1.54) is 18.4 Å². The van der Waals surface area contributed by atoms with Gasteiger partial charge in [-0.3, -0.25) is 4.79 Å². The Morgan fingerprint density at radius 2 is 2.16 bits per heavy atom. The summed E-state index contributed by atoms with van der Waals surface area (Å²) in [6.45, 7) is 2.20. The highest BCUT2D eigenvalue weighted by Gasteiger charge is 2.18. The molecular weight excluding hydrogens is 332 g/mol. The molecule has 132 valence electrons. The van der Waals surface area contributed by atoms with E-state index in [1.807, 2.05) is 24.3 Å². The predicted molar refractivity (Wildman–Crippen MR) is 105 cm³/mol. The fraction of sp³-hybridized carbons (Fsp3) is 0.381. The van der Waals surface area contributed by atoms with Gasteiger partial charge in [-0.25, -0.2) is 0 Å². The zero-order valence-electron chi connectivity index (χ0n) is 14.6. The summed E-state index contributed by atoms with van der Waals surface area (Å²) in [5.41, 5.74) is 2.74. The van der Waals surface area contributed by atoms with Crippen LogP contribution in [0.25, 0.3) is 10.9 Å². The van der Waals surface area contributed by atoms with Crippen LogP contribution in [0.4, 0.5) is 0 Å². The van der Waals surface area contributed by atoms with Crippen molar-refractivity contribution in [1.82, 2.24) is 10.3 Å². The summed E-state index contributed by atoms with van der Waals surface area (Å²) in [4.78, 5) is 15.9. The predicted octanol–water partition coefficient (Wildman–Crippen LogP) is 5.78. The Morgan fingerprint density at radius 1 is 1.28 bits per heavy atom. The van der Waals surface area contributed by atoms with Crippen LogP contribution in [0.1, 0.15) is 55.9 Å². The molecule has 1 atom stereocenters. The number of aromatic amines is 1. The average molecular weight is 357 g/mol. The van der Waals surface area contributed by atoms with Gasteiger partial charge < -0.3 is 10.3 Å². The van der Waals surface area contributed by atoms with Crippen molar-refractivity contribution >= 4 is 28.4 Å². The van der Waals surface area contributed by atoms with Crippen molar-refractivity contribution < 1.29 is 4.79 Å². The van der Waals surface area contributed by atoms with E-state index >= 15 is 0 Å². The van der Waals surface area contributed by atoms with Gasteiger partial charge in [0.2, 0.25) is 0 Å². The number of unbranched alkanes of at least 4 members (excludes halogenated alkanes) is 2. The zero-order valence-corrected chi connectivity index (χ0v) is 15.4. The summed E-state index contributed by atoms with van der Waals surface area (Å²) in [5, 5.41) is 4.84. The molecule has 0 aliphatic heterocycles. The molecule has 0 radical (unpaired) electrons. The number of allylic oxidation sites excluding steroid dienone is 2. The highest BCUT2D eigenvalue weighted by Crippen LogP contribution is 2.22. The normalized spacial score (nSPS) is 15.2. The summed E-state index contributed by atoms with van der Waals surface area (Å²) in [6, 6.07) is 7.54. The van der Waals surface area contributed by atoms with E-state index in [1.54, 1.807) is 0 Å². The molecule has 3 rings (SSSR count). The third kappa shape index (κ3) is 4.55. The topological polar surface area (TPSA) is 44.9 Å². The van der Waals surface area contributed by atoms with Crippen LogP contribution in [-0.4, -0.2) is 16.9 Å². The first-order chi connectivity index (χ1) is 12.2. The third-order valence-corrected chi connectivity index (χ3v) is 4.89. The fourth-order valence-electron chi connectivity index (χ4n) is 3.27. The van der Waals surface area contributed by atoms with Crippen molar-refractivity contribution in [2.45, 2.75) is 51.5 Å². The van der Waals surface area contributed by atoms with E-state index in [2.05, 4.69) is 35.5 Å². The number of benzene rings is 1. The highest BCUT2D eigenvalue weighted by atomic mass is 35.5. The molecule has 25 heavy (non-hydrogen) atoms. The number of halogens is 1. The van der Waals surface area contributed by atoms with Crippen LogP contribution in [0.2, 0.25) is 5.02 Å². The van der Waals surface area contributed by atoms with E-state index in [4.69, 9.17) is 11.6 Å². The maximum atomic E-state index is 12.8. The van der Waals surface area contributed by atoms with Crippen LogP contribution in [0.5, 0.6) is 0 Å². The first-order valence-corrected chi connectivity index (χ1v) is 9.51. The Balaban J connectivity index is 1.75. The van der Waals surface area contributed by atoms with Gasteiger partial charge in [0.05, 0.1) is 6.04 Å². The number of fused-ring (bicyclic) bond motifs is 1. The first kappa shape index (κ1) is 17.8. The lowest BCUT2D eigenvalue weighted by Gasteiger charge is -2.21. The Kier molecular flexibility index (Phi) is 5.98. The van der Waals surface area contributed by atoms with Crippen molar-refractivity contribution in [3.8, 4) is 0 Å². The monoisotopic (exact) mass is 356 g/mol. The van der Waals surface area contributed by atoms with Crippen molar-refractivity contribution in [2.75, 3.05) is 0 Å². The molecule has 0 bridgehead atoms. The second-order valence-electron chi connectivity index (χ2n) is 6.62. The van der Waals surface area contributed by atoms with Gasteiger partial charge in [0.25, 0.3) is 5.91 Å². The molecule has 1 aromatic heterocycles. The molecule has 1 heterocycles. The van der Waals surface area contributed by atoms with Gasteiger partial charge in [-0.1, -0.05) is 56.0 Å². The molecule has 1 aliphatic rings. The molecule has 2 N–H and O–H groups in total. The van der Waals surface area contributed by atoms with Crippen LogP contribution in [-0.2, 0) is 0 Å². The van der Waals surface area contributed by atoms with E-state index in [0.29, 0.717) is 10.7 Å². The molecule has 2 aromatic rings. The number of rotatable bonds is 7. The van der Waals surface area contributed by atoms with E-state index in [-0.39, 0.29) is 11.9 Å². The molecule has 1 aliphatic carbocycles. The van der Waals surface area contributed by atoms with Crippen LogP contribution >= 0.6 is 11.6 Å². The number of hydrogen-bond acceptors (Lipinski definition) is 1.